The van der Waals surface area contributed by atoms with Gasteiger partial charge in [-0.3, -0.25) is 0 Å². The summed E-state index contributed by atoms with van der Waals surface area (Å²) in [5.41, 5.74) is 3.67. The molecule has 2 aromatic rings. The summed E-state index contributed by atoms with van der Waals surface area (Å²) < 4.78 is 1.14. The van der Waals surface area contributed by atoms with Crippen molar-refractivity contribution in [3.63, 3.8) is 0 Å². The van der Waals surface area contributed by atoms with Gasteiger partial charge in [0, 0.05) is 27.0 Å². The number of thiophene rings is 1. The molecule has 1 aromatic carbocycles. The molecule has 0 spiro atoms. The molecule has 0 aliphatic carbocycles. The van der Waals surface area contributed by atoms with Crippen LogP contribution in [0.5, 0.6) is 0 Å². The van der Waals surface area contributed by atoms with Gasteiger partial charge in [0.2, 0.25) is 0 Å². The minimum Gasteiger partial charge on any atom is -0.316 e. The average molecular weight is 317 g/mol. The van der Waals surface area contributed by atoms with Crippen LogP contribution in [0, 0.1) is 0 Å². The minimum absolute atomic E-state index is 0.778. The fraction of sp³-hybridized carbons (Fsp3) is 0.167. The Kier molecular flexibility index (Phi) is 4.03. The molecule has 0 aliphatic rings. The third-order valence-corrected chi connectivity index (χ3v) is 4.28. The van der Waals surface area contributed by atoms with E-state index in [-0.39, 0.29) is 0 Å². The van der Waals surface area contributed by atoms with E-state index in [0.29, 0.717) is 0 Å². The third kappa shape index (κ3) is 2.48. The van der Waals surface area contributed by atoms with Gasteiger partial charge in [0.15, 0.2) is 0 Å². The second-order valence-corrected chi connectivity index (χ2v) is 5.50. The molecule has 4 heteroatoms. The topological polar surface area (TPSA) is 12.0 Å². The Morgan fingerprint density at radius 1 is 1.31 bits per heavy atom. The van der Waals surface area contributed by atoms with Crippen molar-refractivity contribution in [2.24, 2.45) is 0 Å². The molecule has 0 aliphatic heterocycles. The molecule has 1 heterocycles. The predicted octanol–water partition coefficient (Wildman–Crippen LogP) is 4.55. The first-order valence-electron chi connectivity index (χ1n) is 4.87. The molecule has 16 heavy (non-hydrogen) atoms. The lowest BCUT2D eigenvalue weighted by Gasteiger charge is -2.09. The van der Waals surface area contributed by atoms with E-state index in [2.05, 4.69) is 38.1 Å². The molecule has 84 valence electrons. The van der Waals surface area contributed by atoms with Crippen LogP contribution in [0.3, 0.4) is 0 Å². The lowest BCUT2D eigenvalue weighted by Crippen LogP contribution is -2.06. The molecule has 0 saturated heterocycles. The normalized spacial score (nSPS) is 10.7. The lowest BCUT2D eigenvalue weighted by atomic mass is 10.0. The van der Waals surface area contributed by atoms with E-state index in [1.165, 1.54) is 16.7 Å². The molecule has 0 atom stereocenters. The van der Waals surface area contributed by atoms with E-state index in [9.17, 15) is 0 Å². The van der Waals surface area contributed by atoms with Gasteiger partial charge in [-0.2, -0.15) is 11.3 Å². The molecule has 0 unspecified atom stereocenters. The molecule has 0 amide bonds. The summed E-state index contributed by atoms with van der Waals surface area (Å²) in [6, 6.07) is 6.01. The van der Waals surface area contributed by atoms with Gasteiger partial charge in [-0.05, 0) is 51.6 Å². The molecule has 0 saturated carbocycles. The lowest BCUT2D eigenvalue weighted by molar-refractivity contribution is 0.819. The SMILES string of the molecule is CNCc1cc(Cl)ccc1-c1cscc1Br. The highest BCUT2D eigenvalue weighted by Crippen LogP contribution is 2.34. The zero-order valence-corrected chi connectivity index (χ0v) is 11.9. The van der Waals surface area contributed by atoms with Crippen LogP contribution in [-0.4, -0.2) is 7.05 Å². The maximum Gasteiger partial charge on any atom is 0.0409 e. The maximum atomic E-state index is 6.02. The predicted molar refractivity (Wildman–Crippen MR) is 75.2 cm³/mol. The summed E-state index contributed by atoms with van der Waals surface area (Å²) in [4.78, 5) is 0. The van der Waals surface area contributed by atoms with Crippen LogP contribution < -0.4 is 5.32 Å². The van der Waals surface area contributed by atoms with E-state index in [1.807, 2.05) is 19.2 Å². The van der Waals surface area contributed by atoms with Gasteiger partial charge in [-0.1, -0.05) is 17.7 Å². The van der Waals surface area contributed by atoms with Crippen molar-refractivity contribution in [3.05, 3.63) is 44.0 Å². The van der Waals surface area contributed by atoms with Crippen LogP contribution >= 0.6 is 38.9 Å². The monoisotopic (exact) mass is 315 g/mol. The zero-order chi connectivity index (χ0) is 11.5. The van der Waals surface area contributed by atoms with Gasteiger partial charge in [0.05, 0.1) is 0 Å². The Balaban J connectivity index is 2.51. The number of benzene rings is 1. The second-order valence-electron chi connectivity index (χ2n) is 3.47. The van der Waals surface area contributed by atoms with Crippen LogP contribution in [0.25, 0.3) is 11.1 Å². The van der Waals surface area contributed by atoms with Gasteiger partial charge in [0.1, 0.15) is 0 Å². The first-order chi connectivity index (χ1) is 7.72. The van der Waals surface area contributed by atoms with Crippen molar-refractivity contribution in [1.82, 2.24) is 5.32 Å². The number of nitrogens with one attached hydrogen (secondary N) is 1. The molecule has 0 bridgehead atoms. The maximum absolute atomic E-state index is 6.02. The molecule has 1 aromatic heterocycles. The van der Waals surface area contributed by atoms with Crippen molar-refractivity contribution >= 4 is 38.9 Å². The Morgan fingerprint density at radius 3 is 2.75 bits per heavy atom. The van der Waals surface area contributed by atoms with Gasteiger partial charge in [-0.15, -0.1) is 0 Å². The van der Waals surface area contributed by atoms with Crippen molar-refractivity contribution in [2.75, 3.05) is 7.05 Å². The van der Waals surface area contributed by atoms with Gasteiger partial charge in [0.25, 0.3) is 0 Å². The number of rotatable bonds is 3. The highest BCUT2D eigenvalue weighted by Gasteiger charge is 2.09. The summed E-state index contributed by atoms with van der Waals surface area (Å²) in [5, 5.41) is 8.18. The smallest absolute Gasteiger partial charge is 0.0409 e. The van der Waals surface area contributed by atoms with Crippen LogP contribution in [0.4, 0.5) is 0 Å². The fourth-order valence-corrected chi connectivity index (χ4v) is 3.34. The van der Waals surface area contributed by atoms with E-state index in [0.717, 1.165) is 16.0 Å². The number of hydrogen-bond donors (Lipinski definition) is 1. The standard InChI is InChI=1S/C12H11BrClNS/c1-15-5-8-4-9(14)2-3-10(8)11-6-16-7-12(11)13/h2-4,6-7,15H,5H2,1H3. The first kappa shape index (κ1) is 12.1. The van der Waals surface area contributed by atoms with E-state index in [1.54, 1.807) is 11.3 Å². The largest absolute Gasteiger partial charge is 0.316 e. The molecule has 1 nitrogen and oxygen atoms in total. The van der Waals surface area contributed by atoms with Crippen LogP contribution in [0.15, 0.2) is 33.4 Å². The summed E-state index contributed by atoms with van der Waals surface area (Å²) in [6.45, 7) is 0.818. The van der Waals surface area contributed by atoms with Gasteiger partial charge >= 0.3 is 0 Å². The summed E-state index contributed by atoms with van der Waals surface area (Å²) >= 11 is 11.3. The summed E-state index contributed by atoms with van der Waals surface area (Å²) in [7, 11) is 1.94. The zero-order valence-electron chi connectivity index (χ0n) is 8.76. The summed E-state index contributed by atoms with van der Waals surface area (Å²) in [6.07, 6.45) is 0. The average Bonchev–Trinajstić information content (AvgIpc) is 2.65. The Morgan fingerprint density at radius 2 is 2.12 bits per heavy atom. The highest BCUT2D eigenvalue weighted by molar-refractivity contribution is 9.10. The van der Waals surface area contributed by atoms with Gasteiger partial charge < -0.3 is 5.32 Å². The molecule has 0 fully saturated rings. The summed E-state index contributed by atoms with van der Waals surface area (Å²) in [5.74, 6) is 0. The molecular weight excluding hydrogens is 306 g/mol. The van der Waals surface area contributed by atoms with Crippen molar-refractivity contribution in [2.45, 2.75) is 6.54 Å². The molecule has 2 rings (SSSR count). The van der Waals surface area contributed by atoms with Crippen LogP contribution in [-0.2, 0) is 6.54 Å². The van der Waals surface area contributed by atoms with Crippen LogP contribution in [0.1, 0.15) is 5.56 Å². The Labute approximate surface area is 113 Å². The quantitative estimate of drug-likeness (QED) is 0.876. The van der Waals surface area contributed by atoms with E-state index < -0.39 is 0 Å². The molecule has 0 radical (unpaired) electrons. The van der Waals surface area contributed by atoms with Crippen LogP contribution in [0.2, 0.25) is 5.02 Å². The fourth-order valence-electron chi connectivity index (χ4n) is 1.64. The minimum atomic E-state index is 0.778. The number of halogens is 2. The van der Waals surface area contributed by atoms with E-state index in [4.69, 9.17) is 11.6 Å². The van der Waals surface area contributed by atoms with Gasteiger partial charge in [-0.25, -0.2) is 0 Å². The molecule has 1 N–H and O–H groups in total. The Bertz CT molecular complexity index is 496. The van der Waals surface area contributed by atoms with Crippen molar-refractivity contribution in [1.29, 1.82) is 0 Å². The Hall–Kier alpha value is -0.350. The first-order valence-corrected chi connectivity index (χ1v) is 6.99. The van der Waals surface area contributed by atoms with Crippen molar-refractivity contribution in [3.8, 4) is 11.1 Å². The second kappa shape index (κ2) is 5.32. The highest BCUT2D eigenvalue weighted by atomic mass is 79.9. The molecular formula is C12H11BrClNS. The van der Waals surface area contributed by atoms with Crippen molar-refractivity contribution < 1.29 is 0 Å². The van der Waals surface area contributed by atoms with E-state index >= 15 is 0 Å². The number of hydrogen-bond acceptors (Lipinski definition) is 2. The third-order valence-electron chi connectivity index (χ3n) is 2.34.